The minimum atomic E-state index is -4.35. The van der Waals surface area contributed by atoms with Crippen LogP contribution in [-0.4, -0.2) is 172 Å². The predicted molar refractivity (Wildman–Crippen MR) is 148 cm³/mol. The molecule has 19 heteroatoms. The zero-order valence-corrected chi connectivity index (χ0v) is 26.9. The van der Waals surface area contributed by atoms with Crippen molar-refractivity contribution in [1.82, 2.24) is 19.6 Å². The van der Waals surface area contributed by atoms with Crippen LogP contribution in [0.25, 0.3) is 0 Å². The SMILES string of the molecule is O=C(O)CN1CCN(C(Cc2ccc(OCC(F)(F)C(F)F)cc2)C(=O)O)CCN(CC(=O)O)CCN([C@@H](CO)C(=O)O)CC1.[Gd]. The summed E-state index contributed by atoms with van der Waals surface area (Å²) in [4.78, 5) is 53.2. The number of ether oxygens (including phenoxy) is 1. The van der Waals surface area contributed by atoms with E-state index in [1.54, 1.807) is 4.90 Å². The molecule has 0 saturated carbocycles. The quantitative estimate of drug-likeness (QED) is 0.146. The number of nitrogens with zero attached hydrogens (tertiary/aromatic N) is 4. The van der Waals surface area contributed by atoms with Gasteiger partial charge in [-0.05, 0) is 24.1 Å². The van der Waals surface area contributed by atoms with Gasteiger partial charge in [-0.1, -0.05) is 12.1 Å². The Bertz CT molecular complexity index is 1110. The van der Waals surface area contributed by atoms with Crippen LogP contribution in [0.1, 0.15) is 5.56 Å². The first kappa shape index (κ1) is 41.8. The fraction of sp³-hybridized carbons (Fsp3) is 0.630. The third kappa shape index (κ3) is 14.2. The Kier molecular flexibility index (Phi) is 18.3. The van der Waals surface area contributed by atoms with Crippen molar-refractivity contribution in [3.63, 3.8) is 0 Å². The molecular formula is C27H38F4GdN4O10. The Labute approximate surface area is 294 Å². The third-order valence-corrected chi connectivity index (χ3v) is 7.26. The summed E-state index contributed by atoms with van der Waals surface area (Å²) in [6.07, 6.45) is -4.02. The van der Waals surface area contributed by atoms with E-state index in [9.17, 15) is 62.3 Å². The van der Waals surface area contributed by atoms with Crippen molar-refractivity contribution in [2.45, 2.75) is 30.9 Å². The van der Waals surface area contributed by atoms with Crippen LogP contribution >= 0.6 is 0 Å². The van der Waals surface area contributed by atoms with E-state index in [1.165, 1.54) is 39.0 Å². The van der Waals surface area contributed by atoms with Crippen LogP contribution in [0.15, 0.2) is 24.3 Å². The summed E-state index contributed by atoms with van der Waals surface area (Å²) in [5.74, 6) is -9.38. The standard InChI is InChI=1S/C27H38F4N4O10.Gd/c28-26(29)27(30,31)17-45-19-3-1-18(2-4-19)13-20(24(41)42)34-9-5-32(14-22(37)38)7-11-35(21(16-36)25(43)44)12-8-33(6-10-34)15-23(39)40;/h1-4,20-21,26,36H,5-17H2,(H,37,38)(H,39,40)(H,41,42)(H,43,44);/t20?,21-;/m0./s1. The maximum absolute atomic E-state index is 13.2. The van der Waals surface area contributed by atoms with E-state index in [0.29, 0.717) is 5.56 Å². The number of carbonyl (C=O) groups is 4. The molecule has 0 aromatic heterocycles. The Morgan fingerprint density at radius 2 is 1.15 bits per heavy atom. The fourth-order valence-corrected chi connectivity index (χ4v) is 4.76. The molecule has 1 aromatic carbocycles. The normalized spacial score (nSPS) is 18.0. The van der Waals surface area contributed by atoms with Gasteiger partial charge in [0.25, 0.3) is 0 Å². The molecule has 14 nitrogen and oxygen atoms in total. The van der Waals surface area contributed by atoms with Crippen molar-refractivity contribution < 1.29 is 107 Å². The number of aliphatic hydroxyl groups excluding tert-OH is 1. The number of carboxylic acid groups (broad SMARTS) is 4. The van der Waals surface area contributed by atoms with Gasteiger partial charge in [0.2, 0.25) is 0 Å². The zero-order valence-electron chi connectivity index (χ0n) is 24.7. The van der Waals surface area contributed by atoms with Crippen molar-refractivity contribution in [3.05, 3.63) is 29.8 Å². The number of rotatable bonds is 15. The minimum Gasteiger partial charge on any atom is -0.487 e. The molecule has 46 heavy (non-hydrogen) atoms. The van der Waals surface area contributed by atoms with Crippen LogP contribution in [0.4, 0.5) is 17.6 Å². The van der Waals surface area contributed by atoms with E-state index in [1.807, 2.05) is 0 Å². The van der Waals surface area contributed by atoms with E-state index < -0.39 is 74.6 Å². The predicted octanol–water partition coefficient (Wildman–Crippen LogP) is -0.202. The van der Waals surface area contributed by atoms with Gasteiger partial charge >= 0.3 is 36.2 Å². The molecule has 0 radical (unpaired) electrons. The van der Waals surface area contributed by atoms with Crippen molar-refractivity contribution in [2.24, 2.45) is 0 Å². The summed E-state index contributed by atoms with van der Waals surface area (Å²) >= 11 is 0. The van der Waals surface area contributed by atoms with Crippen LogP contribution in [0, 0.1) is 39.9 Å². The fourth-order valence-electron chi connectivity index (χ4n) is 4.76. The van der Waals surface area contributed by atoms with Crippen LogP contribution in [-0.2, 0) is 25.6 Å². The second-order valence-electron chi connectivity index (χ2n) is 10.5. The molecule has 0 aliphatic carbocycles. The molecule has 2 atom stereocenters. The van der Waals surface area contributed by atoms with E-state index >= 15 is 0 Å². The molecule has 1 saturated heterocycles. The number of alkyl halides is 4. The molecule has 0 spiro atoms. The average molecular weight is 812 g/mol. The molecule has 2 rings (SSSR count). The number of benzene rings is 1. The number of carboxylic acids is 4. The van der Waals surface area contributed by atoms with Crippen LogP contribution < -0.4 is 4.74 Å². The smallest absolute Gasteiger partial charge is 0.340 e. The molecule has 1 aliphatic rings. The zero-order chi connectivity index (χ0) is 33.7. The summed E-state index contributed by atoms with van der Waals surface area (Å²) in [5, 5.41) is 48.2. The summed E-state index contributed by atoms with van der Waals surface area (Å²) in [6.45, 7) is -2.87. The summed E-state index contributed by atoms with van der Waals surface area (Å²) in [6, 6.07) is 2.75. The molecular weight excluding hydrogens is 774 g/mol. The molecule has 1 heterocycles. The molecule has 0 bridgehead atoms. The van der Waals surface area contributed by atoms with Gasteiger partial charge in [-0.3, -0.25) is 38.8 Å². The van der Waals surface area contributed by atoms with Gasteiger partial charge in [0, 0.05) is 92.3 Å². The molecule has 0 amide bonds. The van der Waals surface area contributed by atoms with Crippen molar-refractivity contribution in [2.75, 3.05) is 78.7 Å². The topological polar surface area (TPSA) is 192 Å². The van der Waals surface area contributed by atoms with Gasteiger partial charge in [-0.25, -0.2) is 8.78 Å². The third-order valence-electron chi connectivity index (χ3n) is 7.26. The van der Waals surface area contributed by atoms with Crippen molar-refractivity contribution in [3.8, 4) is 5.75 Å². The number of aliphatic hydroxyl groups is 1. The number of hydrogen-bond donors (Lipinski definition) is 5. The number of aliphatic carboxylic acids is 4. The average Bonchev–Trinajstić information content (AvgIpc) is 2.95. The first-order chi connectivity index (χ1) is 21.1. The summed E-state index contributed by atoms with van der Waals surface area (Å²) in [5.41, 5.74) is 0.436. The Hall–Kier alpha value is -2.26. The van der Waals surface area contributed by atoms with Gasteiger partial charge in [-0.15, -0.1) is 0 Å². The van der Waals surface area contributed by atoms with E-state index in [0.717, 1.165) is 0 Å². The second kappa shape index (κ2) is 20.2. The van der Waals surface area contributed by atoms with Gasteiger partial charge in [-0.2, -0.15) is 8.78 Å². The Morgan fingerprint density at radius 3 is 1.50 bits per heavy atom. The van der Waals surface area contributed by atoms with E-state index in [-0.39, 0.29) is 104 Å². The minimum absolute atomic E-state index is 0. The van der Waals surface area contributed by atoms with E-state index in [2.05, 4.69) is 0 Å². The number of hydrogen-bond acceptors (Lipinski definition) is 10. The first-order valence-electron chi connectivity index (χ1n) is 13.9. The Morgan fingerprint density at radius 1 is 0.739 bits per heavy atom. The largest absolute Gasteiger partial charge is 0.487 e. The summed E-state index contributed by atoms with van der Waals surface area (Å²) in [7, 11) is 0. The molecule has 1 unspecified atom stereocenters. The second-order valence-corrected chi connectivity index (χ2v) is 10.5. The number of halogens is 4. The first-order valence-corrected chi connectivity index (χ1v) is 13.9. The van der Waals surface area contributed by atoms with Crippen LogP contribution in [0.3, 0.4) is 0 Å². The molecule has 1 aliphatic heterocycles. The van der Waals surface area contributed by atoms with E-state index in [4.69, 9.17) is 4.74 Å². The van der Waals surface area contributed by atoms with Crippen LogP contribution in [0.2, 0.25) is 0 Å². The molecule has 5 N–H and O–H groups in total. The van der Waals surface area contributed by atoms with Gasteiger partial charge < -0.3 is 30.3 Å². The van der Waals surface area contributed by atoms with Crippen molar-refractivity contribution >= 4 is 23.9 Å². The monoisotopic (exact) mass is 812 g/mol. The van der Waals surface area contributed by atoms with Gasteiger partial charge in [0.1, 0.15) is 17.8 Å². The molecule has 262 valence electrons. The van der Waals surface area contributed by atoms with Crippen molar-refractivity contribution in [1.29, 1.82) is 0 Å². The van der Waals surface area contributed by atoms with Gasteiger partial charge in [0.15, 0.2) is 6.61 Å². The maximum atomic E-state index is 13.2. The molecule has 1 fully saturated rings. The summed E-state index contributed by atoms with van der Waals surface area (Å²) < 4.78 is 55.9. The van der Waals surface area contributed by atoms with Gasteiger partial charge in [0.05, 0.1) is 19.7 Å². The Balaban J connectivity index is 0.0000106. The molecule has 1 aromatic rings. The maximum Gasteiger partial charge on any atom is 0.340 e. The van der Waals surface area contributed by atoms with Crippen LogP contribution in [0.5, 0.6) is 5.75 Å².